The fourth-order valence-electron chi connectivity index (χ4n) is 1.98. The SMILES string of the molecule is CC(C)NCCC(=O)Nc1cccc(-c2nncn2C)c1. The van der Waals surface area contributed by atoms with E-state index in [0.717, 1.165) is 17.1 Å². The van der Waals surface area contributed by atoms with Gasteiger partial charge in [-0.2, -0.15) is 0 Å². The quantitative estimate of drug-likeness (QED) is 0.850. The van der Waals surface area contributed by atoms with E-state index in [9.17, 15) is 4.79 Å². The zero-order valence-corrected chi connectivity index (χ0v) is 12.6. The maximum atomic E-state index is 11.9. The third kappa shape index (κ3) is 4.39. The van der Waals surface area contributed by atoms with Gasteiger partial charge >= 0.3 is 0 Å². The first-order chi connectivity index (χ1) is 10.1. The van der Waals surface area contributed by atoms with Crippen LogP contribution in [0.4, 0.5) is 5.69 Å². The zero-order valence-electron chi connectivity index (χ0n) is 12.6. The first kappa shape index (κ1) is 15.2. The average Bonchev–Trinajstić information content (AvgIpc) is 2.85. The Hall–Kier alpha value is -2.21. The Morgan fingerprint density at radius 1 is 1.38 bits per heavy atom. The van der Waals surface area contributed by atoms with Gasteiger partial charge in [-0.15, -0.1) is 10.2 Å². The molecule has 0 atom stereocenters. The van der Waals surface area contributed by atoms with E-state index in [-0.39, 0.29) is 5.91 Å². The molecule has 2 aromatic rings. The fraction of sp³-hybridized carbons (Fsp3) is 0.400. The van der Waals surface area contributed by atoms with Gasteiger partial charge < -0.3 is 15.2 Å². The van der Waals surface area contributed by atoms with E-state index >= 15 is 0 Å². The zero-order chi connectivity index (χ0) is 15.2. The highest BCUT2D eigenvalue weighted by Crippen LogP contribution is 2.20. The number of amides is 1. The standard InChI is InChI=1S/C15H21N5O/c1-11(2)16-8-7-14(21)18-13-6-4-5-12(9-13)15-19-17-10-20(15)3/h4-6,9-11,16H,7-8H2,1-3H3,(H,18,21). The Morgan fingerprint density at radius 2 is 2.19 bits per heavy atom. The molecule has 1 amide bonds. The molecule has 0 saturated heterocycles. The Labute approximate surface area is 124 Å². The number of hydrogen-bond donors (Lipinski definition) is 2. The summed E-state index contributed by atoms with van der Waals surface area (Å²) in [7, 11) is 1.89. The van der Waals surface area contributed by atoms with Crippen LogP contribution < -0.4 is 10.6 Å². The lowest BCUT2D eigenvalue weighted by molar-refractivity contribution is -0.116. The number of rotatable bonds is 6. The van der Waals surface area contributed by atoms with Crippen LogP contribution in [-0.4, -0.2) is 33.3 Å². The number of benzene rings is 1. The molecule has 0 bridgehead atoms. The predicted molar refractivity (Wildman–Crippen MR) is 82.8 cm³/mol. The molecule has 1 aromatic heterocycles. The van der Waals surface area contributed by atoms with Crippen molar-refractivity contribution >= 4 is 11.6 Å². The third-order valence-corrected chi connectivity index (χ3v) is 3.02. The van der Waals surface area contributed by atoms with Gasteiger partial charge in [0.05, 0.1) is 0 Å². The monoisotopic (exact) mass is 287 g/mol. The van der Waals surface area contributed by atoms with E-state index in [1.807, 2.05) is 35.9 Å². The highest BCUT2D eigenvalue weighted by molar-refractivity contribution is 5.91. The molecule has 21 heavy (non-hydrogen) atoms. The number of nitrogens with zero attached hydrogens (tertiary/aromatic N) is 3. The molecule has 0 radical (unpaired) electrons. The van der Waals surface area contributed by atoms with Crippen molar-refractivity contribution in [3.8, 4) is 11.4 Å². The molecule has 2 N–H and O–H groups in total. The molecule has 1 aromatic carbocycles. The van der Waals surface area contributed by atoms with Crippen LogP contribution in [0.3, 0.4) is 0 Å². The van der Waals surface area contributed by atoms with Gasteiger partial charge in [0.25, 0.3) is 0 Å². The molecule has 0 saturated carbocycles. The second-order valence-corrected chi connectivity index (χ2v) is 5.25. The van der Waals surface area contributed by atoms with Crippen molar-refractivity contribution in [3.05, 3.63) is 30.6 Å². The molecule has 0 spiro atoms. The molecular formula is C15H21N5O. The van der Waals surface area contributed by atoms with Crippen LogP contribution in [0.1, 0.15) is 20.3 Å². The molecule has 2 rings (SSSR count). The van der Waals surface area contributed by atoms with Gasteiger partial charge in [0.2, 0.25) is 5.91 Å². The van der Waals surface area contributed by atoms with E-state index in [0.29, 0.717) is 19.0 Å². The number of aryl methyl sites for hydroxylation is 1. The smallest absolute Gasteiger partial charge is 0.225 e. The maximum Gasteiger partial charge on any atom is 0.225 e. The van der Waals surface area contributed by atoms with Gasteiger partial charge in [0, 0.05) is 37.3 Å². The lowest BCUT2D eigenvalue weighted by atomic mass is 10.2. The second kappa shape index (κ2) is 6.99. The summed E-state index contributed by atoms with van der Waals surface area (Å²) in [6, 6.07) is 7.99. The molecule has 0 aliphatic heterocycles. The van der Waals surface area contributed by atoms with Crippen molar-refractivity contribution in [3.63, 3.8) is 0 Å². The number of anilines is 1. The first-order valence-electron chi connectivity index (χ1n) is 7.04. The molecule has 0 aliphatic rings. The van der Waals surface area contributed by atoms with Crippen LogP contribution in [0.15, 0.2) is 30.6 Å². The minimum absolute atomic E-state index is 0.00161. The van der Waals surface area contributed by atoms with Crippen LogP contribution in [0.2, 0.25) is 0 Å². The van der Waals surface area contributed by atoms with Gasteiger partial charge in [-0.3, -0.25) is 4.79 Å². The summed E-state index contributed by atoms with van der Waals surface area (Å²) >= 11 is 0. The molecular weight excluding hydrogens is 266 g/mol. The van der Waals surface area contributed by atoms with Gasteiger partial charge in [-0.05, 0) is 12.1 Å². The van der Waals surface area contributed by atoms with Crippen molar-refractivity contribution in [2.45, 2.75) is 26.3 Å². The van der Waals surface area contributed by atoms with Gasteiger partial charge in [-0.25, -0.2) is 0 Å². The van der Waals surface area contributed by atoms with E-state index in [4.69, 9.17) is 0 Å². The minimum Gasteiger partial charge on any atom is -0.326 e. The Bertz CT molecular complexity index is 606. The maximum absolute atomic E-state index is 11.9. The predicted octanol–water partition coefficient (Wildman–Crippen LogP) is 1.81. The van der Waals surface area contributed by atoms with E-state index in [2.05, 4.69) is 34.7 Å². The van der Waals surface area contributed by atoms with Gasteiger partial charge in [0.1, 0.15) is 6.33 Å². The van der Waals surface area contributed by atoms with E-state index in [1.54, 1.807) is 6.33 Å². The second-order valence-electron chi connectivity index (χ2n) is 5.25. The number of hydrogen-bond acceptors (Lipinski definition) is 4. The van der Waals surface area contributed by atoms with E-state index in [1.165, 1.54) is 0 Å². The molecule has 112 valence electrons. The van der Waals surface area contributed by atoms with Crippen molar-refractivity contribution in [2.24, 2.45) is 7.05 Å². The molecule has 0 fully saturated rings. The number of nitrogens with one attached hydrogen (secondary N) is 2. The number of aromatic nitrogens is 3. The highest BCUT2D eigenvalue weighted by atomic mass is 16.1. The lowest BCUT2D eigenvalue weighted by Gasteiger charge is -2.09. The average molecular weight is 287 g/mol. The molecule has 0 unspecified atom stereocenters. The minimum atomic E-state index is -0.00161. The summed E-state index contributed by atoms with van der Waals surface area (Å²) < 4.78 is 1.84. The molecule has 0 aliphatic carbocycles. The summed E-state index contributed by atoms with van der Waals surface area (Å²) in [5, 5.41) is 14.1. The van der Waals surface area contributed by atoms with Crippen molar-refractivity contribution < 1.29 is 4.79 Å². The van der Waals surface area contributed by atoms with Crippen LogP contribution >= 0.6 is 0 Å². The highest BCUT2D eigenvalue weighted by Gasteiger charge is 2.07. The third-order valence-electron chi connectivity index (χ3n) is 3.02. The van der Waals surface area contributed by atoms with E-state index < -0.39 is 0 Å². The topological polar surface area (TPSA) is 71.8 Å². The van der Waals surface area contributed by atoms with Crippen molar-refractivity contribution in [1.82, 2.24) is 20.1 Å². The molecule has 6 heteroatoms. The Kier molecular flexibility index (Phi) is 5.05. The van der Waals surface area contributed by atoms with Gasteiger partial charge in [0.15, 0.2) is 5.82 Å². The number of carbonyl (C=O) groups excluding carboxylic acids is 1. The first-order valence-corrected chi connectivity index (χ1v) is 7.04. The van der Waals surface area contributed by atoms with Gasteiger partial charge in [-0.1, -0.05) is 26.0 Å². The molecule has 6 nitrogen and oxygen atoms in total. The largest absolute Gasteiger partial charge is 0.326 e. The van der Waals surface area contributed by atoms with Crippen molar-refractivity contribution in [2.75, 3.05) is 11.9 Å². The number of carbonyl (C=O) groups is 1. The molecule has 1 heterocycles. The Morgan fingerprint density at radius 3 is 2.86 bits per heavy atom. The summed E-state index contributed by atoms with van der Waals surface area (Å²) in [5.74, 6) is 0.769. The fourth-order valence-corrected chi connectivity index (χ4v) is 1.98. The van der Waals surface area contributed by atoms with Crippen molar-refractivity contribution in [1.29, 1.82) is 0 Å². The normalized spacial score (nSPS) is 10.9. The summed E-state index contributed by atoms with van der Waals surface area (Å²) in [6.07, 6.45) is 2.10. The van der Waals surface area contributed by atoms with Crippen LogP contribution in [0.5, 0.6) is 0 Å². The summed E-state index contributed by atoms with van der Waals surface area (Å²) in [6.45, 7) is 4.79. The summed E-state index contributed by atoms with van der Waals surface area (Å²) in [4.78, 5) is 11.9. The van der Waals surface area contributed by atoms with Crippen LogP contribution in [-0.2, 0) is 11.8 Å². The lowest BCUT2D eigenvalue weighted by Crippen LogP contribution is -2.27. The van der Waals surface area contributed by atoms with Crippen LogP contribution in [0.25, 0.3) is 11.4 Å². The van der Waals surface area contributed by atoms with Crippen LogP contribution in [0, 0.1) is 0 Å². The Balaban J connectivity index is 1.98. The summed E-state index contributed by atoms with van der Waals surface area (Å²) in [5.41, 5.74) is 1.69.